The number of nitriles is 1. The number of likely N-dealkylation sites (N-methyl/N-ethyl adjacent to an activating group) is 1. The number of carbonyl (C=O) groups is 1. The van der Waals surface area contributed by atoms with Gasteiger partial charge in [0.25, 0.3) is 5.91 Å². The molecule has 0 aromatic heterocycles. The van der Waals surface area contributed by atoms with Crippen molar-refractivity contribution in [3.8, 4) is 6.07 Å². The molecule has 5 heteroatoms. The van der Waals surface area contributed by atoms with Gasteiger partial charge in [-0.15, -0.1) is 0 Å². The van der Waals surface area contributed by atoms with Gasteiger partial charge >= 0.3 is 0 Å². The molecule has 0 aliphatic carbocycles. The summed E-state index contributed by atoms with van der Waals surface area (Å²) in [5.41, 5.74) is 0.0302. The van der Waals surface area contributed by atoms with Crippen LogP contribution in [0, 0.1) is 11.3 Å². The van der Waals surface area contributed by atoms with Crippen LogP contribution < -0.4 is 0 Å². The number of nitrogens with zero attached hydrogens (tertiary/aromatic N) is 4. The second-order valence-electron chi connectivity index (χ2n) is 6.61. The van der Waals surface area contributed by atoms with Gasteiger partial charge in [-0.05, 0) is 39.8 Å². The number of carbonyl (C=O) groups excluding carboxylic acids is 1. The summed E-state index contributed by atoms with van der Waals surface area (Å²) in [5.74, 6) is -0.0998. The first-order valence-corrected chi connectivity index (χ1v) is 7.80. The van der Waals surface area contributed by atoms with Crippen molar-refractivity contribution in [2.75, 3.05) is 46.3 Å². The third kappa shape index (κ3) is 3.84. The molecule has 2 saturated heterocycles. The van der Waals surface area contributed by atoms with Crippen molar-refractivity contribution < 1.29 is 4.79 Å². The first-order valence-electron chi connectivity index (χ1n) is 7.80. The molecule has 1 amide bonds. The van der Waals surface area contributed by atoms with Crippen LogP contribution in [0.15, 0.2) is 11.6 Å². The van der Waals surface area contributed by atoms with Gasteiger partial charge in [-0.3, -0.25) is 9.69 Å². The Morgan fingerprint density at radius 1 is 1.10 bits per heavy atom. The lowest BCUT2D eigenvalue weighted by molar-refractivity contribution is -0.125. The van der Waals surface area contributed by atoms with Crippen molar-refractivity contribution in [2.45, 2.75) is 32.2 Å². The van der Waals surface area contributed by atoms with E-state index in [0.717, 1.165) is 52.1 Å². The third-order valence-corrected chi connectivity index (χ3v) is 4.56. The Balaban J connectivity index is 2.10. The Hall–Kier alpha value is -1.38. The highest BCUT2D eigenvalue weighted by Gasteiger charge is 2.30. The van der Waals surface area contributed by atoms with Crippen LogP contribution in [0.2, 0.25) is 0 Å². The zero-order valence-electron chi connectivity index (χ0n) is 13.4. The minimum atomic E-state index is -0.262. The average molecular weight is 290 g/mol. The molecular weight excluding hydrogens is 264 g/mol. The van der Waals surface area contributed by atoms with Crippen molar-refractivity contribution >= 4 is 5.91 Å². The minimum Gasteiger partial charge on any atom is -0.338 e. The number of piperazine rings is 1. The predicted molar refractivity (Wildman–Crippen MR) is 82.7 cm³/mol. The van der Waals surface area contributed by atoms with E-state index in [0.29, 0.717) is 5.57 Å². The third-order valence-electron chi connectivity index (χ3n) is 4.56. The summed E-state index contributed by atoms with van der Waals surface area (Å²) in [6, 6.07) is 2.12. The van der Waals surface area contributed by atoms with Crippen molar-refractivity contribution in [3.63, 3.8) is 0 Å². The van der Waals surface area contributed by atoms with Crippen molar-refractivity contribution in [1.29, 1.82) is 5.26 Å². The normalized spacial score (nSPS) is 22.4. The standard InChI is InChI=1S/C16H26N4O/c1-16(2,20-10-8-18(3)9-11-20)12-14(13-17)15(21)19-6-4-5-7-19/h12H,4-11H2,1-3H3/b14-12+. The molecule has 0 N–H and O–H groups in total. The summed E-state index contributed by atoms with van der Waals surface area (Å²) >= 11 is 0. The van der Waals surface area contributed by atoms with Crippen LogP contribution in [0.25, 0.3) is 0 Å². The Kier molecular flexibility index (Phi) is 5.02. The van der Waals surface area contributed by atoms with Gasteiger partial charge in [-0.25, -0.2) is 0 Å². The number of hydrogen-bond donors (Lipinski definition) is 0. The van der Waals surface area contributed by atoms with Gasteiger partial charge in [-0.2, -0.15) is 5.26 Å². The molecule has 5 nitrogen and oxygen atoms in total. The molecule has 2 aliphatic heterocycles. The Labute approximate surface area is 127 Å². The molecule has 2 rings (SSSR count). The van der Waals surface area contributed by atoms with Crippen molar-refractivity contribution in [3.05, 3.63) is 11.6 Å². The number of amides is 1. The minimum absolute atomic E-state index is 0.0998. The van der Waals surface area contributed by atoms with Gasteiger partial charge in [0.1, 0.15) is 11.6 Å². The van der Waals surface area contributed by atoms with E-state index in [4.69, 9.17) is 0 Å². The van der Waals surface area contributed by atoms with Gasteiger partial charge in [0.05, 0.1) is 0 Å². The van der Waals surface area contributed by atoms with Crippen LogP contribution in [0.1, 0.15) is 26.7 Å². The van der Waals surface area contributed by atoms with Gasteiger partial charge in [0, 0.05) is 44.8 Å². The van der Waals surface area contributed by atoms with Gasteiger partial charge < -0.3 is 9.80 Å². The molecule has 0 spiro atoms. The highest BCUT2D eigenvalue weighted by atomic mass is 16.2. The molecule has 2 heterocycles. The van der Waals surface area contributed by atoms with E-state index in [1.165, 1.54) is 0 Å². The fourth-order valence-electron chi connectivity index (χ4n) is 3.06. The SMILES string of the molecule is CN1CCN(C(C)(C)/C=C(\C#N)C(=O)N2CCCC2)CC1. The first kappa shape index (κ1) is 16.0. The highest BCUT2D eigenvalue weighted by Crippen LogP contribution is 2.21. The molecule has 0 aromatic rings. The maximum Gasteiger partial charge on any atom is 0.264 e. The lowest BCUT2D eigenvalue weighted by Crippen LogP contribution is -2.53. The van der Waals surface area contributed by atoms with Crippen LogP contribution in [-0.2, 0) is 4.79 Å². The molecule has 0 aromatic carbocycles. The van der Waals surface area contributed by atoms with Gasteiger partial charge in [-0.1, -0.05) is 0 Å². The van der Waals surface area contributed by atoms with Crippen LogP contribution in [0.5, 0.6) is 0 Å². The first-order chi connectivity index (χ1) is 9.94. The maximum absolute atomic E-state index is 12.4. The topological polar surface area (TPSA) is 50.6 Å². The Morgan fingerprint density at radius 2 is 1.67 bits per heavy atom. The molecule has 0 saturated carbocycles. The van der Waals surface area contributed by atoms with Crippen LogP contribution in [-0.4, -0.2) is 72.5 Å². The summed E-state index contributed by atoms with van der Waals surface area (Å²) < 4.78 is 0. The van der Waals surface area contributed by atoms with E-state index >= 15 is 0 Å². The molecule has 116 valence electrons. The van der Waals surface area contributed by atoms with Crippen molar-refractivity contribution in [2.24, 2.45) is 0 Å². The zero-order chi connectivity index (χ0) is 15.5. The molecule has 0 atom stereocenters. The van der Waals surface area contributed by atoms with E-state index in [2.05, 4.69) is 36.8 Å². The molecule has 0 unspecified atom stereocenters. The van der Waals surface area contributed by atoms with Gasteiger partial charge in [0.2, 0.25) is 0 Å². The van der Waals surface area contributed by atoms with E-state index in [1.54, 1.807) is 4.90 Å². The quantitative estimate of drug-likeness (QED) is 0.576. The van der Waals surface area contributed by atoms with E-state index in [9.17, 15) is 10.1 Å². The second kappa shape index (κ2) is 6.59. The summed E-state index contributed by atoms with van der Waals surface area (Å²) in [5, 5.41) is 9.37. The molecule has 2 aliphatic rings. The van der Waals surface area contributed by atoms with E-state index < -0.39 is 0 Å². The van der Waals surface area contributed by atoms with Crippen molar-refractivity contribution in [1.82, 2.24) is 14.7 Å². The summed E-state index contributed by atoms with van der Waals surface area (Å²) in [6.07, 6.45) is 3.96. The lowest BCUT2D eigenvalue weighted by Gasteiger charge is -2.41. The van der Waals surface area contributed by atoms with Gasteiger partial charge in [0.15, 0.2) is 0 Å². The lowest BCUT2D eigenvalue weighted by atomic mass is 9.97. The predicted octanol–water partition coefficient (Wildman–Crippen LogP) is 1.08. The zero-order valence-corrected chi connectivity index (χ0v) is 13.4. The molecular formula is C16H26N4O. The van der Waals surface area contributed by atoms with Crippen LogP contribution >= 0.6 is 0 Å². The summed E-state index contributed by atoms with van der Waals surface area (Å²) in [7, 11) is 2.12. The molecule has 0 bridgehead atoms. The monoisotopic (exact) mass is 290 g/mol. The number of likely N-dealkylation sites (tertiary alicyclic amines) is 1. The fourth-order valence-corrected chi connectivity index (χ4v) is 3.06. The van der Waals surface area contributed by atoms with E-state index in [1.807, 2.05) is 6.08 Å². The van der Waals surface area contributed by atoms with Crippen LogP contribution in [0.4, 0.5) is 0 Å². The molecule has 21 heavy (non-hydrogen) atoms. The average Bonchev–Trinajstić information content (AvgIpc) is 2.98. The fraction of sp³-hybridized carbons (Fsp3) is 0.750. The summed E-state index contributed by atoms with van der Waals surface area (Å²) in [6.45, 7) is 9.74. The number of rotatable bonds is 3. The highest BCUT2D eigenvalue weighted by molar-refractivity contribution is 5.97. The number of hydrogen-bond acceptors (Lipinski definition) is 4. The Bertz CT molecular complexity index is 449. The molecule has 2 fully saturated rings. The Morgan fingerprint density at radius 3 is 2.19 bits per heavy atom. The van der Waals surface area contributed by atoms with E-state index in [-0.39, 0.29) is 11.4 Å². The summed E-state index contributed by atoms with van der Waals surface area (Å²) in [4.78, 5) is 18.8. The molecule has 0 radical (unpaired) electrons. The smallest absolute Gasteiger partial charge is 0.264 e. The van der Waals surface area contributed by atoms with Crippen LogP contribution in [0.3, 0.4) is 0 Å². The largest absolute Gasteiger partial charge is 0.338 e. The maximum atomic E-state index is 12.4. The second-order valence-corrected chi connectivity index (χ2v) is 6.61.